The van der Waals surface area contributed by atoms with Gasteiger partial charge in [0.25, 0.3) is 0 Å². The van der Waals surface area contributed by atoms with Gasteiger partial charge in [-0.05, 0) is 62.9 Å². The van der Waals surface area contributed by atoms with E-state index in [1.54, 1.807) is 0 Å². The van der Waals surface area contributed by atoms with Crippen molar-refractivity contribution in [2.45, 2.75) is 51.7 Å². The topological polar surface area (TPSA) is 52.9 Å². The molecule has 2 rings (SSSR count). The van der Waals surface area contributed by atoms with Gasteiger partial charge in [-0.1, -0.05) is 12.5 Å². The molecule has 0 amide bonds. The molecule has 2 atom stereocenters. The summed E-state index contributed by atoms with van der Waals surface area (Å²) in [5.41, 5.74) is 2.34. The van der Waals surface area contributed by atoms with E-state index in [4.69, 9.17) is 9.84 Å². The molecule has 0 spiro atoms. The van der Waals surface area contributed by atoms with Gasteiger partial charge in [-0.2, -0.15) is 0 Å². The monoisotopic (exact) mass is 307 g/mol. The first-order valence-electron chi connectivity index (χ1n) is 8.32. The smallest absolute Gasteiger partial charge is 0.119 e. The summed E-state index contributed by atoms with van der Waals surface area (Å²) in [6.45, 7) is 6.25. The van der Waals surface area contributed by atoms with E-state index in [-0.39, 0.29) is 6.61 Å². The Morgan fingerprint density at radius 3 is 2.64 bits per heavy atom. The first-order valence-corrected chi connectivity index (χ1v) is 8.32. The molecule has 1 aliphatic heterocycles. The molecule has 0 aliphatic carbocycles. The molecule has 1 saturated heterocycles. The minimum absolute atomic E-state index is 0.219. The van der Waals surface area contributed by atoms with Gasteiger partial charge in [0.15, 0.2) is 0 Å². The molecule has 22 heavy (non-hydrogen) atoms. The van der Waals surface area contributed by atoms with Gasteiger partial charge in [0, 0.05) is 19.2 Å². The molecule has 0 bridgehead atoms. The van der Waals surface area contributed by atoms with Crippen molar-refractivity contribution in [3.63, 3.8) is 0 Å². The Labute approximate surface area is 133 Å². The lowest BCUT2D eigenvalue weighted by atomic mass is 9.99. The number of hydrogen-bond acceptors (Lipinski definition) is 4. The van der Waals surface area contributed by atoms with Crippen LogP contribution in [0.4, 0.5) is 0 Å². The van der Waals surface area contributed by atoms with Gasteiger partial charge in [0.2, 0.25) is 0 Å². The number of ether oxygens (including phenoxy) is 1. The average molecular weight is 307 g/mol. The lowest BCUT2D eigenvalue weighted by Crippen LogP contribution is -2.45. The third-order valence-corrected chi connectivity index (χ3v) is 4.29. The summed E-state index contributed by atoms with van der Waals surface area (Å²) in [5.74, 6) is 0.821. The van der Waals surface area contributed by atoms with E-state index in [1.807, 2.05) is 26.0 Å². The number of β-amino-alcohol motifs (C(OH)–C–C–N with tert-alkyl or cyclic N) is 1. The predicted octanol–water partition coefficient (Wildman–Crippen LogP) is 2.28. The Hall–Kier alpha value is -1.10. The third kappa shape index (κ3) is 5.27. The molecule has 4 nitrogen and oxygen atoms in total. The fourth-order valence-electron chi connectivity index (χ4n) is 3.31. The van der Waals surface area contributed by atoms with Gasteiger partial charge in [0.1, 0.15) is 18.5 Å². The molecule has 1 aliphatic rings. The number of likely N-dealkylation sites (tertiary alicyclic amines) is 1. The van der Waals surface area contributed by atoms with Gasteiger partial charge in [0.05, 0.1) is 0 Å². The number of piperidine rings is 1. The van der Waals surface area contributed by atoms with Crippen LogP contribution in [-0.4, -0.2) is 53.6 Å². The van der Waals surface area contributed by atoms with Crippen LogP contribution < -0.4 is 4.74 Å². The van der Waals surface area contributed by atoms with Crippen LogP contribution in [0.25, 0.3) is 0 Å². The van der Waals surface area contributed by atoms with Crippen LogP contribution in [0.5, 0.6) is 5.75 Å². The van der Waals surface area contributed by atoms with E-state index in [1.165, 1.54) is 24.0 Å². The Morgan fingerprint density at radius 2 is 1.95 bits per heavy atom. The molecule has 0 saturated carbocycles. The summed E-state index contributed by atoms with van der Waals surface area (Å²) in [4.78, 5) is 2.30. The highest BCUT2D eigenvalue weighted by atomic mass is 16.5. The van der Waals surface area contributed by atoms with Crippen molar-refractivity contribution < 1.29 is 14.9 Å². The van der Waals surface area contributed by atoms with E-state index in [9.17, 15) is 5.11 Å². The van der Waals surface area contributed by atoms with Crippen molar-refractivity contribution >= 4 is 0 Å². The van der Waals surface area contributed by atoms with Crippen LogP contribution in [-0.2, 0) is 0 Å². The van der Waals surface area contributed by atoms with Crippen molar-refractivity contribution in [2.24, 2.45) is 0 Å². The molecule has 0 aromatic heterocycles. The highest BCUT2D eigenvalue weighted by Gasteiger charge is 2.24. The number of rotatable bonds is 7. The Balaban J connectivity index is 1.82. The van der Waals surface area contributed by atoms with Crippen molar-refractivity contribution in [3.05, 3.63) is 29.3 Å². The van der Waals surface area contributed by atoms with Gasteiger partial charge >= 0.3 is 0 Å². The number of hydrogen-bond donors (Lipinski definition) is 2. The highest BCUT2D eigenvalue weighted by molar-refractivity contribution is 5.32. The molecular weight excluding hydrogens is 278 g/mol. The standard InChI is InChI=1S/C18H29NO3/c1-14-9-15(2)11-18(10-14)22-13-17(21)12-19-7-4-3-5-16(19)6-8-20/h9-11,16-17,20-21H,3-8,12-13H2,1-2H3. The fraction of sp³-hybridized carbons (Fsp3) is 0.667. The van der Waals surface area contributed by atoms with Crippen LogP contribution in [0.3, 0.4) is 0 Å². The normalized spacial score (nSPS) is 20.8. The van der Waals surface area contributed by atoms with Crippen molar-refractivity contribution in [1.29, 1.82) is 0 Å². The van der Waals surface area contributed by atoms with E-state index >= 15 is 0 Å². The summed E-state index contributed by atoms with van der Waals surface area (Å²) in [6.07, 6.45) is 3.80. The van der Waals surface area contributed by atoms with Crippen LogP contribution in [0.15, 0.2) is 18.2 Å². The second-order valence-electron chi connectivity index (χ2n) is 6.45. The van der Waals surface area contributed by atoms with Gasteiger partial charge < -0.3 is 14.9 Å². The summed E-state index contributed by atoms with van der Waals surface area (Å²) in [6, 6.07) is 6.50. The summed E-state index contributed by atoms with van der Waals surface area (Å²) < 4.78 is 5.74. The summed E-state index contributed by atoms with van der Waals surface area (Å²) in [7, 11) is 0. The van der Waals surface area contributed by atoms with Gasteiger partial charge in [-0.15, -0.1) is 0 Å². The molecule has 2 N–H and O–H groups in total. The maximum absolute atomic E-state index is 10.3. The number of nitrogens with zero attached hydrogens (tertiary/aromatic N) is 1. The van der Waals surface area contributed by atoms with Gasteiger partial charge in [-0.3, -0.25) is 4.90 Å². The maximum Gasteiger partial charge on any atom is 0.119 e. The van der Waals surface area contributed by atoms with Gasteiger partial charge in [-0.25, -0.2) is 0 Å². The average Bonchev–Trinajstić information content (AvgIpc) is 2.46. The molecule has 1 heterocycles. The van der Waals surface area contributed by atoms with E-state index in [0.717, 1.165) is 25.1 Å². The largest absolute Gasteiger partial charge is 0.491 e. The Morgan fingerprint density at radius 1 is 1.23 bits per heavy atom. The molecule has 0 radical (unpaired) electrons. The van der Waals surface area contributed by atoms with E-state index in [2.05, 4.69) is 11.0 Å². The summed E-state index contributed by atoms with van der Waals surface area (Å²) in [5, 5.41) is 19.4. The molecule has 124 valence electrons. The maximum atomic E-state index is 10.3. The number of aliphatic hydroxyl groups is 2. The second-order valence-corrected chi connectivity index (χ2v) is 6.45. The summed E-state index contributed by atoms with van der Waals surface area (Å²) >= 11 is 0. The van der Waals surface area contributed by atoms with Crippen LogP contribution in [0, 0.1) is 13.8 Å². The zero-order valence-electron chi connectivity index (χ0n) is 13.8. The lowest BCUT2D eigenvalue weighted by Gasteiger charge is -2.36. The van der Waals surface area contributed by atoms with Crippen LogP contribution in [0.1, 0.15) is 36.8 Å². The Kier molecular flexibility index (Phi) is 6.68. The molecule has 1 fully saturated rings. The Bertz CT molecular complexity index is 441. The highest BCUT2D eigenvalue weighted by Crippen LogP contribution is 2.20. The van der Waals surface area contributed by atoms with Crippen LogP contribution >= 0.6 is 0 Å². The zero-order chi connectivity index (χ0) is 15.9. The molecular formula is C18H29NO3. The number of benzene rings is 1. The van der Waals surface area contributed by atoms with Crippen molar-refractivity contribution in [2.75, 3.05) is 26.3 Å². The van der Waals surface area contributed by atoms with Crippen molar-refractivity contribution in [1.82, 2.24) is 4.90 Å². The van der Waals surface area contributed by atoms with E-state index < -0.39 is 6.10 Å². The number of aliphatic hydroxyl groups excluding tert-OH is 2. The second kappa shape index (κ2) is 8.51. The molecule has 4 heteroatoms. The lowest BCUT2D eigenvalue weighted by molar-refractivity contribution is 0.0332. The first-order chi connectivity index (χ1) is 10.6. The molecule has 1 aromatic carbocycles. The first kappa shape index (κ1) is 17.3. The zero-order valence-corrected chi connectivity index (χ0v) is 13.8. The van der Waals surface area contributed by atoms with E-state index in [0.29, 0.717) is 19.2 Å². The quantitative estimate of drug-likeness (QED) is 0.811. The van der Waals surface area contributed by atoms with Crippen LogP contribution in [0.2, 0.25) is 0 Å². The minimum atomic E-state index is -0.500. The molecule has 2 unspecified atom stereocenters. The SMILES string of the molecule is Cc1cc(C)cc(OCC(O)CN2CCCCC2CCO)c1. The predicted molar refractivity (Wildman–Crippen MR) is 88.3 cm³/mol. The third-order valence-electron chi connectivity index (χ3n) is 4.29. The molecule has 1 aromatic rings. The minimum Gasteiger partial charge on any atom is -0.491 e. The number of aryl methyl sites for hydroxylation is 2. The fourth-order valence-corrected chi connectivity index (χ4v) is 3.31. The van der Waals surface area contributed by atoms with Crippen molar-refractivity contribution in [3.8, 4) is 5.75 Å².